The fourth-order valence-electron chi connectivity index (χ4n) is 2.53. The molecule has 1 aromatic heterocycles. The number of benzene rings is 2. The third-order valence-electron chi connectivity index (χ3n) is 3.58. The lowest BCUT2D eigenvalue weighted by Crippen LogP contribution is -2.02. The Kier molecular flexibility index (Phi) is 3.29. The monoisotopic (exact) mass is 294 g/mol. The van der Waals surface area contributed by atoms with Gasteiger partial charge in [0.25, 0.3) is 0 Å². The maximum Gasteiger partial charge on any atom is 0.335 e. The zero-order valence-electron chi connectivity index (χ0n) is 12.2. The Bertz CT molecular complexity index is 934. The topological polar surface area (TPSA) is 67.5 Å². The molecule has 2 aromatic carbocycles. The van der Waals surface area contributed by atoms with Crippen LogP contribution in [0.25, 0.3) is 22.3 Å². The van der Waals surface area contributed by atoms with E-state index < -0.39 is 5.97 Å². The first kappa shape index (κ1) is 14.1. The predicted molar refractivity (Wildman–Crippen MR) is 84.4 cm³/mol. The summed E-state index contributed by atoms with van der Waals surface area (Å²) in [6.45, 7) is 3.83. The third kappa shape index (κ3) is 2.39. The number of carboxylic acids is 1. The molecule has 110 valence electrons. The average molecular weight is 294 g/mol. The summed E-state index contributed by atoms with van der Waals surface area (Å²) in [5, 5.41) is 9.48. The molecule has 0 saturated carbocycles. The van der Waals surface area contributed by atoms with E-state index in [9.17, 15) is 9.59 Å². The molecule has 1 N–H and O–H groups in total. The molecule has 0 bridgehead atoms. The van der Waals surface area contributed by atoms with E-state index in [2.05, 4.69) is 0 Å². The molecule has 22 heavy (non-hydrogen) atoms. The van der Waals surface area contributed by atoms with Crippen molar-refractivity contribution in [3.05, 3.63) is 69.4 Å². The Morgan fingerprint density at radius 2 is 1.73 bits per heavy atom. The number of carbonyl (C=O) groups is 1. The molecular formula is C18H14O4. The minimum absolute atomic E-state index is 0.106. The lowest BCUT2D eigenvalue weighted by molar-refractivity contribution is 0.0697. The van der Waals surface area contributed by atoms with E-state index in [1.54, 1.807) is 12.1 Å². The maximum absolute atomic E-state index is 12.3. The van der Waals surface area contributed by atoms with E-state index in [-0.39, 0.29) is 11.0 Å². The molecule has 0 aliphatic rings. The minimum atomic E-state index is -0.988. The highest BCUT2D eigenvalue weighted by molar-refractivity contribution is 5.88. The van der Waals surface area contributed by atoms with Crippen molar-refractivity contribution >= 4 is 16.9 Å². The third-order valence-corrected chi connectivity index (χ3v) is 3.58. The van der Waals surface area contributed by atoms with Crippen LogP contribution in [0.5, 0.6) is 0 Å². The van der Waals surface area contributed by atoms with Gasteiger partial charge in [-0.2, -0.15) is 0 Å². The van der Waals surface area contributed by atoms with Gasteiger partial charge in [-0.25, -0.2) is 4.79 Å². The Morgan fingerprint density at radius 1 is 1.05 bits per heavy atom. The van der Waals surface area contributed by atoms with Crippen LogP contribution < -0.4 is 5.43 Å². The molecule has 0 spiro atoms. The van der Waals surface area contributed by atoms with Crippen molar-refractivity contribution in [1.82, 2.24) is 0 Å². The molecule has 4 nitrogen and oxygen atoms in total. The lowest BCUT2D eigenvalue weighted by atomic mass is 10.1. The van der Waals surface area contributed by atoms with Gasteiger partial charge in [-0.3, -0.25) is 4.79 Å². The van der Waals surface area contributed by atoms with Gasteiger partial charge in [0.1, 0.15) is 11.3 Å². The molecule has 4 heteroatoms. The molecular weight excluding hydrogens is 280 g/mol. The molecule has 0 amide bonds. The van der Waals surface area contributed by atoms with Crippen molar-refractivity contribution in [2.45, 2.75) is 13.8 Å². The standard InChI is InChI=1S/C18H14O4/c1-10-7-11(2)17-14(8-10)15(19)9-16(22-17)12-3-5-13(6-4-12)18(20)21/h3-9H,1-2H3,(H,20,21). The summed E-state index contributed by atoms with van der Waals surface area (Å²) in [4.78, 5) is 23.2. The zero-order valence-corrected chi connectivity index (χ0v) is 12.2. The van der Waals surface area contributed by atoms with E-state index in [1.807, 2.05) is 26.0 Å². The summed E-state index contributed by atoms with van der Waals surface area (Å²) >= 11 is 0. The number of hydrogen-bond acceptors (Lipinski definition) is 3. The van der Waals surface area contributed by atoms with Crippen molar-refractivity contribution in [2.75, 3.05) is 0 Å². The predicted octanol–water partition coefficient (Wildman–Crippen LogP) is 3.78. The molecule has 3 aromatic rings. The molecule has 1 heterocycles. The van der Waals surface area contributed by atoms with Crippen LogP contribution in [0.15, 0.2) is 51.7 Å². The first-order chi connectivity index (χ1) is 10.5. The van der Waals surface area contributed by atoms with Crippen molar-refractivity contribution in [1.29, 1.82) is 0 Å². The summed E-state index contributed by atoms with van der Waals surface area (Å²) < 4.78 is 5.87. The summed E-state index contributed by atoms with van der Waals surface area (Å²) in [6, 6.07) is 11.5. The van der Waals surface area contributed by atoms with Crippen molar-refractivity contribution in [2.24, 2.45) is 0 Å². The highest BCUT2D eigenvalue weighted by Crippen LogP contribution is 2.25. The molecule has 3 rings (SSSR count). The van der Waals surface area contributed by atoms with Crippen LogP contribution in [0.1, 0.15) is 21.5 Å². The van der Waals surface area contributed by atoms with Gasteiger partial charge in [0.05, 0.1) is 10.9 Å². The van der Waals surface area contributed by atoms with Crippen LogP contribution in [0.4, 0.5) is 0 Å². The number of rotatable bonds is 2. The maximum atomic E-state index is 12.3. The molecule has 0 saturated heterocycles. The van der Waals surface area contributed by atoms with E-state index in [4.69, 9.17) is 9.52 Å². The second-order valence-corrected chi connectivity index (χ2v) is 5.32. The largest absolute Gasteiger partial charge is 0.478 e. The van der Waals surface area contributed by atoms with Crippen molar-refractivity contribution in [3.63, 3.8) is 0 Å². The number of aromatic carboxylic acids is 1. The molecule has 0 aliphatic heterocycles. The van der Waals surface area contributed by atoms with Gasteiger partial charge < -0.3 is 9.52 Å². The van der Waals surface area contributed by atoms with E-state index >= 15 is 0 Å². The van der Waals surface area contributed by atoms with Crippen molar-refractivity contribution in [3.8, 4) is 11.3 Å². The second kappa shape index (κ2) is 5.15. The molecule has 0 aliphatic carbocycles. The van der Waals surface area contributed by atoms with Gasteiger partial charge in [0, 0.05) is 11.6 Å². The van der Waals surface area contributed by atoms with E-state index in [0.717, 1.165) is 11.1 Å². The molecule has 0 atom stereocenters. The van der Waals surface area contributed by atoms with Crippen LogP contribution in [-0.4, -0.2) is 11.1 Å². The molecule has 0 unspecified atom stereocenters. The minimum Gasteiger partial charge on any atom is -0.478 e. The van der Waals surface area contributed by atoms with Crippen LogP contribution in [0, 0.1) is 13.8 Å². The van der Waals surface area contributed by atoms with Crippen molar-refractivity contribution < 1.29 is 14.3 Å². The highest BCUT2D eigenvalue weighted by Gasteiger charge is 2.10. The Hall–Kier alpha value is -2.88. The lowest BCUT2D eigenvalue weighted by Gasteiger charge is -2.07. The van der Waals surface area contributed by atoms with Crippen LogP contribution in [-0.2, 0) is 0 Å². The van der Waals surface area contributed by atoms with Gasteiger partial charge in [0.2, 0.25) is 0 Å². The summed E-state index contributed by atoms with van der Waals surface area (Å²) in [5.74, 6) is -0.556. The normalized spacial score (nSPS) is 10.8. The van der Waals surface area contributed by atoms with Gasteiger partial charge in [0.15, 0.2) is 5.43 Å². The zero-order chi connectivity index (χ0) is 15.9. The summed E-state index contributed by atoms with van der Waals surface area (Å²) in [7, 11) is 0. The Morgan fingerprint density at radius 3 is 2.36 bits per heavy atom. The van der Waals surface area contributed by atoms with Gasteiger partial charge in [-0.1, -0.05) is 18.2 Å². The first-order valence-electron chi connectivity index (χ1n) is 6.84. The number of carboxylic acid groups (broad SMARTS) is 1. The smallest absolute Gasteiger partial charge is 0.335 e. The van der Waals surface area contributed by atoms with Crippen LogP contribution in [0.3, 0.4) is 0 Å². The summed E-state index contributed by atoms with van der Waals surface area (Å²) in [5.41, 5.74) is 3.23. The average Bonchev–Trinajstić information content (AvgIpc) is 2.48. The first-order valence-corrected chi connectivity index (χ1v) is 6.84. The van der Waals surface area contributed by atoms with E-state index in [1.165, 1.54) is 18.2 Å². The van der Waals surface area contributed by atoms with Gasteiger partial charge in [-0.15, -0.1) is 0 Å². The second-order valence-electron chi connectivity index (χ2n) is 5.32. The van der Waals surface area contributed by atoms with Crippen LogP contribution >= 0.6 is 0 Å². The number of fused-ring (bicyclic) bond motifs is 1. The molecule has 0 fully saturated rings. The fourth-order valence-corrected chi connectivity index (χ4v) is 2.53. The van der Waals surface area contributed by atoms with Gasteiger partial charge in [-0.05, 0) is 43.2 Å². The SMILES string of the molecule is Cc1cc(C)c2oc(-c3ccc(C(=O)O)cc3)cc(=O)c2c1. The fraction of sp³-hybridized carbons (Fsp3) is 0.111. The number of aryl methyl sites for hydroxylation is 2. The number of hydrogen-bond donors (Lipinski definition) is 1. The summed E-state index contributed by atoms with van der Waals surface area (Å²) in [6.07, 6.45) is 0. The quantitative estimate of drug-likeness (QED) is 0.781. The van der Waals surface area contributed by atoms with Gasteiger partial charge >= 0.3 is 5.97 Å². The molecule has 0 radical (unpaired) electrons. The Balaban J connectivity index is 2.20. The Labute approximate surface area is 126 Å². The van der Waals surface area contributed by atoms with E-state index in [0.29, 0.717) is 22.3 Å². The van der Waals surface area contributed by atoms with Crippen LogP contribution in [0.2, 0.25) is 0 Å². The highest BCUT2D eigenvalue weighted by atomic mass is 16.4.